The maximum absolute atomic E-state index is 11.0. The van der Waals surface area contributed by atoms with Crippen LogP contribution in [0.25, 0.3) is 0 Å². The summed E-state index contributed by atoms with van der Waals surface area (Å²) in [7, 11) is 0. The molecule has 0 spiro atoms. The van der Waals surface area contributed by atoms with Crippen LogP contribution in [0.2, 0.25) is 0 Å². The van der Waals surface area contributed by atoms with Crippen molar-refractivity contribution >= 4 is 24.0 Å². The summed E-state index contributed by atoms with van der Waals surface area (Å²) in [6.07, 6.45) is -2.14. The Hall–Kier alpha value is -2.32. The minimum atomic E-state index is -2.96. The van der Waals surface area contributed by atoms with Gasteiger partial charge in [-0.3, -0.25) is 9.69 Å². The molecular weight excluding hydrogens is 238 g/mol. The number of likely N-dealkylation sites (tertiary alicyclic amines) is 1. The molecule has 9 nitrogen and oxygen atoms in total. The number of hydrogen-bond donors (Lipinski definition) is 4. The summed E-state index contributed by atoms with van der Waals surface area (Å²) < 4.78 is 0. The lowest BCUT2D eigenvalue weighted by Gasteiger charge is -2.30. The molecule has 0 bridgehead atoms. The van der Waals surface area contributed by atoms with E-state index in [1.54, 1.807) is 0 Å². The third-order valence-electron chi connectivity index (χ3n) is 2.75. The molecule has 0 aromatic heterocycles. The third kappa shape index (κ3) is 1.55. The molecule has 0 aliphatic carbocycles. The second kappa shape index (κ2) is 3.92. The Kier molecular flexibility index (Phi) is 2.94. The molecule has 0 aromatic carbocycles. The summed E-state index contributed by atoms with van der Waals surface area (Å²) in [5, 5.41) is 35.4. The zero-order valence-corrected chi connectivity index (χ0v) is 8.36. The van der Waals surface area contributed by atoms with Crippen LogP contribution in [0.1, 0.15) is 6.42 Å². The Morgan fingerprint density at radius 3 is 1.76 bits per heavy atom. The highest BCUT2D eigenvalue weighted by atomic mass is 16.4. The van der Waals surface area contributed by atoms with Gasteiger partial charge in [-0.15, -0.1) is 0 Å². The Bertz CT molecular complexity index is 364. The van der Waals surface area contributed by atoms with E-state index in [2.05, 4.69) is 0 Å². The molecule has 1 aliphatic rings. The van der Waals surface area contributed by atoms with Gasteiger partial charge in [-0.05, 0) is 6.42 Å². The topological polar surface area (TPSA) is 152 Å². The summed E-state index contributed by atoms with van der Waals surface area (Å²) in [6, 6.07) is 0. The van der Waals surface area contributed by atoms with Gasteiger partial charge in [-0.25, -0.2) is 14.4 Å². The quantitative estimate of drug-likeness (QED) is 0.462. The van der Waals surface area contributed by atoms with Crippen LogP contribution in [-0.2, 0) is 14.4 Å². The number of amides is 1. The lowest BCUT2D eigenvalue weighted by atomic mass is 9.84. The first kappa shape index (κ1) is 12.7. The van der Waals surface area contributed by atoms with E-state index in [0.29, 0.717) is 0 Å². The SMILES string of the molecule is O=C(O)C1CCN(C(=O)O)C1(C(=O)O)C(=O)O. The van der Waals surface area contributed by atoms with Gasteiger partial charge in [-0.1, -0.05) is 0 Å². The van der Waals surface area contributed by atoms with Crippen molar-refractivity contribution in [1.82, 2.24) is 4.90 Å². The number of nitrogens with zero attached hydrogens (tertiary/aromatic N) is 1. The summed E-state index contributed by atoms with van der Waals surface area (Å²) in [6.45, 7) is -0.453. The van der Waals surface area contributed by atoms with Crippen LogP contribution in [0, 0.1) is 5.92 Å². The molecular formula is C8H9NO8. The van der Waals surface area contributed by atoms with E-state index < -0.39 is 42.0 Å². The molecule has 94 valence electrons. The van der Waals surface area contributed by atoms with Crippen molar-refractivity contribution in [3.05, 3.63) is 0 Å². The van der Waals surface area contributed by atoms with Gasteiger partial charge in [-0.2, -0.15) is 0 Å². The molecule has 1 fully saturated rings. The van der Waals surface area contributed by atoms with Gasteiger partial charge in [0.2, 0.25) is 0 Å². The van der Waals surface area contributed by atoms with Crippen molar-refractivity contribution in [2.24, 2.45) is 5.92 Å². The largest absolute Gasteiger partial charge is 0.481 e. The fourth-order valence-electron chi connectivity index (χ4n) is 2.00. The minimum absolute atomic E-state index is 0.135. The van der Waals surface area contributed by atoms with Crippen molar-refractivity contribution < 1.29 is 39.6 Å². The third-order valence-corrected chi connectivity index (χ3v) is 2.75. The second-order valence-corrected chi connectivity index (χ2v) is 3.49. The second-order valence-electron chi connectivity index (χ2n) is 3.49. The number of aliphatic carboxylic acids is 3. The average Bonchev–Trinajstić information content (AvgIpc) is 2.57. The zero-order valence-electron chi connectivity index (χ0n) is 8.36. The molecule has 0 radical (unpaired) electrons. The highest BCUT2D eigenvalue weighted by Gasteiger charge is 2.65. The van der Waals surface area contributed by atoms with E-state index in [-0.39, 0.29) is 11.3 Å². The normalized spacial score (nSPS) is 22.1. The number of carbonyl (C=O) groups is 4. The van der Waals surface area contributed by atoms with Gasteiger partial charge in [0.05, 0.1) is 0 Å². The summed E-state index contributed by atoms with van der Waals surface area (Å²) in [5.74, 6) is -7.47. The number of carboxylic acids is 3. The molecule has 9 heteroatoms. The lowest BCUT2D eigenvalue weighted by molar-refractivity contribution is -0.172. The van der Waals surface area contributed by atoms with Crippen molar-refractivity contribution in [3.8, 4) is 0 Å². The molecule has 0 aromatic rings. The molecule has 1 unspecified atom stereocenters. The van der Waals surface area contributed by atoms with Crippen LogP contribution in [0.4, 0.5) is 4.79 Å². The maximum Gasteiger partial charge on any atom is 0.408 e. The van der Waals surface area contributed by atoms with Crippen molar-refractivity contribution in [1.29, 1.82) is 0 Å². The summed E-state index contributed by atoms with van der Waals surface area (Å²) >= 11 is 0. The summed E-state index contributed by atoms with van der Waals surface area (Å²) in [5.41, 5.74) is -2.96. The van der Waals surface area contributed by atoms with E-state index in [1.165, 1.54) is 0 Å². The molecule has 1 rings (SSSR count). The Morgan fingerprint density at radius 1 is 1.00 bits per heavy atom. The first-order valence-corrected chi connectivity index (χ1v) is 4.46. The molecule has 1 atom stereocenters. The predicted molar refractivity (Wildman–Crippen MR) is 48.5 cm³/mol. The maximum atomic E-state index is 11.0. The van der Waals surface area contributed by atoms with Crippen LogP contribution in [0.5, 0.6) is 0 Å². The van der Waals surface area contributed by atoms with Gasteiger partial charge in [0.1, 0.15) is 5.92 Å². The van der Waals surface area contributed by atoms with Gasteiger partial charge < -0.3 is 20.4 Å². The first-order valence-electron chi connectivity index (χ1n) is 4.46. The zero-order chi connectivity index (χ0) is 13.4. The van der Waals surface area contributed by atoms with Crippen LogP contribution >= 0.6 is 0 Å². The number of hydrogen-bond acceptors (Lipinski definition) is 4. The van der Waals surface area contributed by atoms with Crippen molar-refractivity contribution in [2.75, 3.05) is 6.54 Å². The number of rotatable bonds is 3. The Labute approximate surface area is 93.9 Å². The Balaban J connectivity index is 3.41. The highest BCUT2D eigenvalue weighted by molar-refractivity contribution is 6.09. The number of carboxylic acid groups (broad SMARTS) is 4. The Morgan fingerprint density at radius 2 is 1.47 bits per heavy atom. The first-order chi connectivity index (χ1) is 7.76. The molecule has 1 amide bonds. The van der Waals surface area contributed by atoms with E-state index in [4.69, 9.17) is 20.4 Å². The van der Waals surface area contributed by atoms with E-state index >= 15 is 0 Å². The fourth-order valence-corrected chi connectivity index (χ4v) is 2.00. The standard InChI is InChI=1S/C8H9NO8/c10-4(11)3-1-2-9(7(16)17)8(3,5(12)13)6(14)15/h3H,1-2H2,(H,10,11)(H,12,13)(H,14,15)(H,16,17). The highest BCUT2D eigenvalue weighted by Crippen LogP contribution is 2.36. The van der Waals surface area contributed by atoms with E-state index in [9.17, 15) is 19.2 Å². The van der Waals surface area contributed by atoms with Crippen LogP contribution in [-0.4, -0.2) is 61.4 Å². The van der Waals surface area contributed by atoms with Crippen molar-refractivity contribution in [2.45, 2.75) is 12.0 Å². The molecule has 1 heterocycles. The van der Waals surface area contributed by atoms with E-state index in [0.717, 1.165) is 0 Å². The van der Waals surface area contributed by atoms with Gasteiger partial charge >= 0.3 is 24.0 Å². The van der Waals surface area contributed by atoms with Gasteiger partial charge in [0.15, 0.2) is 0 Å². The van der Waals surface area contributed by atoms with Crippen LogP contribution in [0.3, 0.4) is 0 Å². The monoisotopic (exact) mass is 247 g/mol. The average molecular weight is 247 g/mol. The molecule has 4 N–H and O–H groups in total. The van der Waals surface area contributed by atoms with Crippen molar-refractivity contribution in [3.63, 3.8) is 0 Å². The predicted octanol–water partition coefficient (Wildman–Crippen LogP) is -1.02. The molecule has 1 aliphatic heterocycles. The molecule has 0 saturated carbocycles. The summed E-state index contributed by atoms with van der Waals surface area (Å²) in [4.78, 5) is 43.9. The van der Waals surface area contributed by atoms with Crippen LogP contribution < -0.4 is 0 Å². The smallest absolute Gasteiger partial charge is 0.408 e. The lowest BCUT2D eigenvalue weighted by Crippen LogP contribution is -2.63. The fraction of sp³-hybridized carbons (Fsp3) is 0.500. The van der Waals surface area contributed by atoms with Gasteiger partial charge in [0, 0.05) is 6.54 Å². The van der Waals surface area contributed by atoms with Gasteiger partial charge in [0.25, 0.3) is 5.54 Å². The molecule has 17 heavy (non-hydrogen) atoms. The van der Waals surface area contributed by atoms with E-state index in [1.807, 2.05) is 0 Å². The van der Waals surface area contributed by atoms with Crippen LogP contribution in [0.15, 0.2) is 0 Å². The molecule has 1 saturated heterocycles. The minimum Gasteiger partial charge on any atom is -0.481 e.